The first-order chi connectivity index (χ1) is 17.0. The number of rotatable bonds is 9. The number of carbonyl (C=O) groups excluding carboxylic acids is 5. The van der Waals surface area contributed by atoms with Crippen LogP contribution in [0, 0.1) is 0 Å². The first-order valence-corrected chi connectivity index (χ1v) is 10.8. The molecule has 1 saturated heterocycles. The van der Waals surface area contributed by atoms with Crippen molar-refractivity contribution in [3.8, 4) is 11.5 Å². The van der Waals surface area contributed by atoms with Crippen LogP contribution < -0.4 is 14.8 Å². The van der Waals surface area contributed by atoms with Crippen LogP contribution in [-0.4, -0.2) is 81.3 Å². The van der Waals surface area contributed by atoms with Gasteiger partial charge in [-0.25, -0.2) is 4.79 Å². The molecule has 0 saturated carbocycles. The van der Waals surface area contributed by atoms with Crippen molar-refractivity contribution in [1.29, 1.82) is 0 Å². The first-order valence-electron chi connectivity index (χ1n) is 10.8. The predicted octanol–water partition coefficient (Wildman–Crippen LogP) is 0.517. The zero-order chi connectivity index (χ0) is 27.0. The molecular weight excluding hydrogens is 482 g/mol. The standard InChI is InChI=1S/C23H29NO12/c1-11(25)24-19-21(34-14(4)28)20(33-13(3)27)18(10-32-12(2)26)36-23(19)35-16-8-7-15(22(29)31-6)9-17(16)30-5/h7-9,18-21,23H,10H2,1-6H3,(H,24,25)/t18-,19-,20+,21+,23-/m1/s1. The first kappa shape index (κ1) is 28.4. The molecule has 5 atom stereocenters. The lowest BCUT2D eigenvalue weighted by molar-refractivity contribution is -0.257. The SMILES string of the molecule is COC(=O)c1ccc(O[C@@H]2O[C@H](COC(C)=O)[C@H](OC(C)=O)[C@@H](OC(C)=O)[C@H]2NC(C)=O)c(OC)c1. The van der Waals surface area contributed by atoms with Crippen LogP contribution in [0.2, 0.25) is 0 Å². The summed E-state index contributed by atoms with van der Waals surface area (Å²) >= 11 is 0. The maximum atomic E-state index is 12.0. The van der Waals surface area contributed by atoms with Crippen molar-refractivity contribution in [3.63, 3.8) is 0 Å². The number of nitrogens with one attached hydrogen (secondary N) is 1. The van der Waals surface area contributed by atoms with Gasteiger partial charge in [-0.15, -0.1) is 0 Å². The Morgan fingerprint density at radius 2 is 1.53 bits per heavy atom. The van der Waals surface area contributed by atoms with Crippen molar-refractivity contribution in [2.75, 3.05) is 20.8 Å². The largest absolute Gasteiger partial charge is 0.493 e. The van der Waals surface area contributed by atoms with E-state index in [1.54, 1.807) is 0 Å². The van der Waals surface area contributed by atoms with Gasteiger partial charge in [0, 0.05) is 27.7 Å². The highest BCUT2D eigenvalue weighted by molar-refractivity contribution is 5.90. The van der Waals surface area contributed by atoms with E-state index in [0.29, 0.717) is 0 Å². The van der Waals surface area contributed by atoms with E-state index < -0.39 is 60.4 Å². The van der Waals surface area contributed by atoms with Gasteiger partial charge in [-0.05, 0) is 18.2 Å². The molecular formula is C23H29NO12. The van der Waals surface area contributed by atoms with E-state index in [9.17, 15) is 24.0 Å². The average molecular weight is 511 g/mol. The Kier molecular flexibility index (Phi) is 10.0. The van der Waals surface area contributed by atoms with Gasteiger partial charge < -0.3 is 38.5 Å². The van der Waals surface area contributed by atoms with Crippen molar-refractivity contribution in [1.82, 2.24) is 5.32 Å². The molecule has 1 fully saturated rings. The van der Waals surface area contributed by atoms with E-state index in [-0.39, 0.29) is 23.7 Å². The summed E-state index contributed by atoms with van der Waals surface area (Å²) in [6, 6.07) is 3.04. The Labute approximate surface area is 207 Å². The van der Waals surface area contributed by atoms with E-state index >= 15 is 0 Å². The van der Waals surface area contributed by atoms with Gasteiger partial charge >= 0.3 is 23.9 Å². The Morgan fingerprint density at radius 1 is 0.889 bits per heavy atom. The second-order valence-corrected chi connectivity index (χ2v) is 7.69. The van der Waals surface area contributed by atoms with Gasteiger partial charge in [-0.1, -0.05) is 0 Å². The third-order valence-electron chi connectivity index (χ3n) is 4.90. The van der Waals surface area contributed by atoms with Gasteiger partial charge in [0.15, 0.2) is 23.7 Å². The molecule has 0 radical (unpaired) electrons. The maximum absolute atomic E-state index is 12.0. The summed E-state index contributed by atoms with van der Waals surface area (Å²) in [5, 5.41) is 2.59. The summed E-state index contributed by atoms with van der Waals surface area (Å²) in [7, 11) is 2.57. The fourth-order valence-corrected chi connectivity index (χ4v) is 3.53. The Bertz CT molecular complexity index is 993. The highest BCUT2D eigenvalue weighted by Gasteiger charge is 2.52. The maximum Gasteiger partial charge on any atom is 0.337 e. The molecule has 0 spiro atoms. The van der Waals surface area contributed by atoms with Crippen molar-refractivity contribution in [2.45, 2.75) is 58.3 Å². The van der Waals surface area contributed by atoms with E-state index in [0.717, 1.165) is 13.8 Å². The number of carbonyl (C=O) groups is 5. The van der Waals surface area contributed by atoms with Crippen molar-refractivity contribution < 1.29 is 57.1 Å². The lowest BCUT2D eigenvalue weighted by Crippen LogP contribution is -2.67. The summed E-state index contributed by atoms with van der Waals surface area (Å²) < 4.78 is 37.7. The topological polar surface area (TPSA) is 162 Å². The predicted molar refractivity (Wildman–Crippen MR) is 119 cm³/mol. The number of benzene rings is 1. The van der Waals surface area contributed by atoms with Crippen LogP contribution >= 0.6 is 0 Å². The lowest BCUT2D eigenvalue weighted by Gasteiger charge is -2.44. The number of hydrogen-bond acceptors (Lipinski definition) is 12. The highest BCUT2D eigenvalue weighted by atomic mass is 16.7. The quantitative estimate of drug-likeness (QED) is 0.362. The molecule has 0 aromatic heterocycles. The molecule has 1 heterocycles. The number of esters is 4. The normalized spacial score (nSPS) is 23.0. The number of hydrogen-bond donors (Lipinski definition) is 1. The second-order valence-electron chi connectivity index (χ2n) is 7.69. The average Bonchev–Trinajstić information content (AvgIpc) is 2.80. The van der Waals surface area contributed by atoms with Gasteiger partial charge in [0.2, 0.25) is 12.2 Å². The van der Waals surface area contributed by atoms with E-state index in [1.165, 1.54) is 46.3 Å². The molecule has 0 unspecified atom stereocenters. The molecule has 198 valence electrons. The smallest absolute Gasteiger partial charge is 0.337 e. The summed E-state index contributed by atoms with van der Waals surface area (Å²) in [4.78, 5) is 59.1. The molecule has 2 rings (SSSR count). The molecule has 13 heteroatoms. The van der Waals surface area contributed by atoms with Crippen molar-refractivity contribution in [3.05, 3.63) is 23.8 Å². The molecule has 1 aromatic carbocycles. The molecule has 1 aliphatic rings. The van der Waals surface area contributed by atoms with Gasteiger partial charge in [0.05, 0.1) is 19.8 Å². The van der Waals surface area contributed by atoms with Crippen LogP contribution in [0.15, 0.2) is 18.2 Å². The number of ether oxygens (including phenoxy) is 7. The minimum absolute atomic E-state index is 0.101. The van der Waals surface area contributed by atoms with Crippen LogP contribution in [0.25, 0.3) is 0 Å². The summed E-state index contributed by atoms with van der Waals surface area (Å²) in [6.45, 7) is 4.29. The minimum Gasteiger partial charge on any atom is -0.493 e. The Hall–Kier alpha value is -3.87. The molecule has 0 aliphatic carbocycles. The van der Waals surface area contributed by atoms with Crippen LogP contribution in [0.3, 0.4) is 0 Å². The lowest BCUT2D eigenvalue weighted by atomic mass is 9.96. The summed E-state index contributed by atoms with van der Waals surface area (Å²) in [5.41, 5.74) is 0.185. The van der Waals surface area contributed by atoms with Crippen LogP contribution in [0.5, 0.6) is 11.5 Å². The fourth-order valence-electron chi connectivity index (χ4n) is 3.53. The van der Waals surface area contributed by atoms with Crippen LogP contribution in [0.1, 0.15) is 38.1 Å². The van der Waals surface area contributed by atoms with Gasteiger partial charge in [0.1, 0.15) is 18.8 Å². The second kappa shape index (κ2) is 12.7. The summed E-state index contributed by atoms with van der Waals surface area (Å²) in [5.74, 6) is -3.00. The van der Waals surface area contributed by atoms with E-state index in [1.807, 2.05) is 0 Å². The zero-order valence-electron chi connectivity index (χ0n) is 20.7. The van der Waals surface area contributed by atoms with Gasteiger partial charge in [0.25, 0.3) is 0 Å². The molecule has 1 aliphatic heterocycles. The van der Waals surface area contributed by atoms with Crippen LogP contribution in [-0.2, 0) is 42.9 Å². The zero-order valence-corrected chi connectivity index (χ0v) is 20.7. The molecule has 1 amide bonds. The Balaban J connectivity index is 2.52. The fraction of sp³-hybridized carbons (Fsp3) is 0.522. The van der Waals surface area contributed by atoms with Gasteiger partial charge in [-0.2, -0.15) is 0 Å². The van der Waals surface area contributed by atoms with Crippen LogP contribution in [0.4, 0.5) is 0 Å². The van der Waals surface area contributed by atoms with Crippen molar-refractivity contribution in [2.24, 2.45) is 0 Å². The molecule has 0 bridgehead atoms. The third kappa shape index (κ3) is 7.57. The Morgan fingerprint density at radius 3 is 2.06 bits per heavy atom. The molecule has 1 N–H and O–H groups in total. The monoisotopic (exact) mass is 511 g/mol. The highest BCUT2D eigenvalue weighted by Crippen LogP contribution is 2.34. The minimum atomic E-state index is -1.34. The van der Waals surface area contributed by atoms with Gasteiger partial charge in [-0.3, -0.25) is 19.2 Å². The third-order valence-corrected chi connectivity index (χ3v) is 4.90. The number of amides is 1. The van der Waals surface area contributed by atoms with E-state index in [4.69, 9.17) is 33.2 Å². The molecule has 36 heavy (non-hydrogen) atoms. The summed E-state index contributed by atoms with van der Waals surface area (Å²) in [6.07, 6.45) is -5.03. The molecule has 1 aromatic rings. The van der Waals surface area contributed by atoms with Crippen molar-refractivity contribution >= 4 is 29.8 Å². The van der Waals surface area contributed by atoms with E-state index in [2.05, 4.69) is 5.32 Å². The number of methoxy groups -OCH3 is 2. The molecule has 13 nitrogen and oxygen atoms in total.